The molecule has 36 heavy (non-hydrogen) atoms. The molecule has 2 aliphatic rings. The summed E-state index contributed by atoms with van der Waals surface area (Å²) in [5.41, 5.74) is 11.3. The standard InChI is InChI=1S/C35H28O/c1-34(2)28-14-8-7-13-26(28)27-19-17-23(21-30(27)34)24-18-20-33-31(22-24)35(3,25-11-5-4-6-12-25)29-15-9-10-16-32(29)36-33/h4-22H,1-3H3. The molecule has 1 heterocycles. The van der Waals surface area contributed by atoms with E-state index in [-0.39, 0.29) is 10.8 Å². The molecule has 5 aromatic rings. The summed E-state index contributed by atoms with van der Waals surface area (Å²) in [5, 5.41) is 0. The van der Waals surface area contributed by atoms with Crippen molar-refractivity contribution in [2.45, 2.75) is 31.6 Å². The molecule has 0 saturated carbocycles. The highest BCUT2D eigenvalue weighted by molar-refractivity contribution is 5.84. The van der Waals surface area contributed by atoms with Crippen molar-refractivity contribution >= 4 is 0 Å². The first-order chi connectivity index (χ1) is 17.5. The van der Waals surface area contributed by atoms with Crippen LogP contribution < -0.4 is 4.74 Å². The van der Waals surface area contributed by atoms with Gasteiger partial charge in [-0.25, -0.2) is 0 Å². The van der Waals surface area contributed by atoms with Gasteiger partial charge in [0, 0.05) is 22.0 Å². The van der Waals surface area contributed by atoms with Crippen LogP contribution in [0.5, 0.6) is 11.5 Å². The SMILES string of the molecule is CC1(C)c2ccccc2-c2ccc(-c3ccc4c(c3)C(C)(c3ccccc3)c3ccccc3O4)cc21. The van der Waals surface area contributed by atoms with E-state index in [0.717, 1.165) is 11.5 Å². The Bertz CT molecular complexity index is 1640. The summed E-state index contributed by atoms with van der Waals surface area (Å²) in [5.74, 6) is 1.86. The van der Waals surface area contributed by atoms with E-state index in [0.29, 0.717) is 0 Å². The number of hydrogen-bond donors (Lipinski definition) is 0. The lowest BCUT2D eigenvalue weighted by Crippen LogP contribution is -2.29. The van der Waals surface area contributed by atoms with Gasteiger partial charge >= 0.3 is 0 Å². The normalized spacial score (nSPS) is 18.4. The molecule has 1 nitrogen and oxygen atoms in total. The van der Waals surface area contributed by atoms with Crippen molar-refractivity contribution in [1.82, 2.24) is 0 Å². The average molecular weight is 465 g/mol. The van der Waals surface area contributed by atoms with E-state index in [4.69, 9.17) is 4.74 Å². The van der Waals surface area contributed by atoms with Gasteiger partial charge in [0.15, 0.2) is 0 Å². The zero-order valence-electron chi connectivity index (χ0n) is 20.9. The smallest absolute Gasteiger partial charge is 0.131 e. The van der Waals surface area contributed by atoms with E-state index >= 15 is 0 Å². The van der Waals surface area contributed by atoms with Crippen LogP contribution in [0.3, 0.4) is 0 Å². The van der Waals surface area contributed by atoms with Crippen LogP contribution in [0, 0.1) is 0 Å². The Balaban J connectivity index is 1.41. The van der Waals surface area contributed by atoms with Gasteiger partial charge in [-0.3, -0.25) is 0 Å². The molecule has 1 unspecified atom stereocenters. The maximum Gasteiger partial charge on any atom is 0.131 e. The number of fused-ring (bicyclic) bond motifs is 5. The highest BCUT2D eigenvalue weighted by atomic mass is 16.5. The van der Waals surface area contributed by atoms with Crippen molar-refractivity contribution < 1.29 is 4.74 Å². The van der Waals surface area contributed by atoms with Crippen LogP contribution in [0.15, 0.2) is 115 Å². The molecular formula is C35H28O. The van der Waals surface area contributed by atoms with Gasteiger partial charge in [-0.15, -0.1) is 0 Å². The summed E-state index contributed by atoms with van der Waals surface area (Å²) < 4.78 is 6.43. The molecule has 0 radical (unpaired) electrons. The quantitative estimate of drug-likeness (QED) is 0.253. The highest BCUT2D eigenvalue weighted by Crippen LogP contribution is 2.53. The van der Waals surface area contributed by atoms with Gasteiger partial charge in [-0.05, 0) is 70.1 Å². The predicted molar refractivity (Wildman–Crippen MR) is 148 cm³/mol. The second-order valence-corrected chi connectivity index (χ2v) is 10.7. The number of hydrogen-bond acceptors (Lipinski definition) is 1. The first kappa shape index (κ1) is 21.2. The van der Waals surface area contributed by atoms with Gasteiger partial charge in [-0.1, -0.05) is 105 Å². The van der Waals surface area contributed by atoms with Crippen molar-refractivity contribution in [2.24, 2.45) is 0 Å². The molecule has 0 saturated heterocycles. The first-order valence-corrected chi connectivity index (χ1v) is 12.7. The summed E-state index contributed by atoms with van der Waals surface area (Å²) in [4.78, 5) is 0. The fourth-order valence-electron chi connectivity index (χ4n) is 6.39. The summed E-state index contributed by atoms with van der Waals surface area (Å²) in [7, 11) is 0. The van der Waals surface area contributed by atoms with E-state index in [2.05, 4.69) is 130 Å². The molecule has 0 amide bonds. The van der Waals surface area contributed by atoms with Gasteiger partial charge < -0.3 is 4.74 Å². The fraction of sp³-hybridized carbons (Fsp3) is 0.143. The van der Waals surface area contributed by atoms with Crippen LogP contribution in [0.4, 0.5) is 0 Å². The molecule has 1 aliphatic carbocycles. The number of ether oxygens (including phenoxy) is 1. The minimum absolute atomic E-state index is 0.0171. The molecule has 0 bridgehead atoms. The Morgan fingerprint density at radius 3 is 1.86 bits per heavy atom. The zero-order chi connectivity index (χ0) is 24.5. The van der Waals surface area contributed by atoms with Crippen molar-refractivity contribution in [1.29, 1.82) is 0 Å². The first-order valence-electron chi connectivity index (χ1n) is 12.7. The zero-order valence-corrected chi connectivity index (χ0v) is 20.9. The summed E-state index contributed by atoms with van der Waals surface area (Å²) in [6.07, 6.45) is 0. The Kier molecular flexibility index (Phi) is 4.39. The van der Waals surface area contributed by atoms with Crippen LogP contribution in [0.2, 0.25) is 0 Å². The molecule has 5 aromatic carbocycles. The third-order valence-corrected chi connectivity index (χ3v) is 8.43. The van der Waals surface area contributed by atoms with Crippen LogP contribution in [-0.2, 0) is 10.8 Å². The third-order valence-electron chi connectivity index (χ3n) is 8.43. The lowest BCUT2D eigenvalue weighted by Gasteiger charge is -2.38. The minimum Gasteiger partial charge on any atom is -0.457 e. The van der Waals surface area contributed by atoms with Crippen molar-refractivity contribution in [2.75, 3.05) is 0 Å². The lowest BCUT2D eigenvalue weighted by atomic mass is 9.69. The molecule has 174 valence electrons. The monoisotopic (exact) mass is 464 g/mol. The Labute approximate surface area is 213 Å². The molecule has 1 heteroatoms. The van der Waals surface area contributed by atoms with E-state index in [1.165, 1.54) is 50.1 Å². The highest BCUT2D eigenvalue weighted by Gasteiger charge is 2.40. The number of rotatable bonds is 2. The van der Waals surface area contributed by atoms with Gasteiger partial charge in [0.2, 0.25) is 0 Å². The number of benzene rings is 5. The second kappa shape index (κ2) is 7.45. The minimum atomic E-state index is -0.312. The molecule has 7 rings (SSSR count). The predicted octanol–water partition coefficient (Wildman–Crippen LogP) is 9.12. The maximum atomic E-state index is 6.43. The Hall–Kier alpha value is -4.10. The van der Waals surface area contributed by atoms with Crippen LogP contribution in [-0.4, -0.2) is 0 Å². The van der Waals surface area contributed by atoms with Gasteiger partial charge in [0.05, 0.1) is 0 Å². The third kappa shape index (κ3) is 2.83. The van der Waals surface area contributed by atoms with Gasteiger partial charge in [0.1, 0.15) is 11.5 Å². The molecule has 0 aromatic heterocycles. The van der Waals surface area contributed by atoms with Crippen molar-refractivity contribution in [3.05, 3.63) is 143 Å². The summed E-state index contributed by atoms with van der Waals surface area (Å²) in [6, 6.07) is 41.7. The van der Waals surface area contributed by atoms with E-state index < -0.39 is 0 Å². The molecular weight excluding hydrogens is 436 g/mol. The molecule has 1 aliphatic heterocycles. The number of para-hydroxylation sites is 1. The lowest BCUT2D eigenvalue weighted by molar-refractivity contribution is 0.427. The van der Waals surface area contributed by atoms with Crippen LogP contribution >= 0.6 is 0 Å². The Morgan fingerprint density at radius 1 is 0.472 bits per heavy atom. The second-order valence-electron chi connectivity index (χ2n) is 10.7. The average Bonchev–Trinajstić information content (AvgIpc) is 3.15. The van der Waals surface area contributed by atoms with Gasteiger partial charge in [0.25, 0.3) is 0 Å². The molecule has 0 fully saturated rings. The van der Waals surface area contributed by atoms with E-state index in [9.17, 15) is 0 Å². The van der Waals surface area contributed by atoms with Crippen LogP contribution in [0.1, 0.15) is 48.6 Å². The van der Waals surface area contributed by atoms with E-state index in [1.807, 2.05) is 6.07 Å². The fourth-order valence-corrected chi connectivity index (χ4v) is 6.39. The largest absolute Gasteiger partial charge is 0.457 e. The van der Waals surface area contributed by atoms with E-state index in [1.54, 1.807) is 0 Å². The molecule has 0 spiro atoms. The Morgan fingerprint density at radius 2 is 1.06 bits per heavy atom. The maximum absolute atomic E-state index is 6.43. The molecule has 1 atom stereocenters. The van der Waals surface area contributed by atoms with Gasteiger partial charge in [-0.2, -0.15) is 0 Å². The van der Waals surface area contributed by atoms with Crippen molar-refractivity contribution in [3.8, 4) is 33.8 Å². The summed E-state index contributed by atoms with van der Waals surface area (Å²) >= 11 is 0. The molecule has 0 N–H and O–H groups in total. The van der Waals surface area contributed by atoms with Crippen molar-refractivity contribution in [3.63, 3.8) is 0 Å². The summed E-state index contributed by atoms with van der Waals surface area (Å²) in [6.45, 7) is 7.01. The van der Waals surface area contributed by atoms with Crippen LogP contribution in [0.25, 0.3) is 22.3 Å². The topological polar surface area (TPSA) is 9.23 Å².